The van der Waals surface area contributed by atoms with Gasteiger partial charge in [0.2, 0.25) is 6.29 Å². The molecular formula is C21H41N5O8. The van der Waals surface area contributed by atoms with E-state index in [4.69, 9.17) is 41.3 Å². The van der Waals surface area contributed by atoms with Gasteiger partial charge >= 0.3 is 0 Å². The van der Waals surface area contributed by atoms with Crippen molar-refractivity contribution in [3.05, 3.63) is 11.8 Å². The maximum Gasteiger partial charge on any atom is 0.215 e. The summed E-state index contributed by atoms with van der Waals surface area (Å²) in [6.45, 7) is 2.29. The average molecular weight is 492 g/mol. The highest BCUT2D eigenvalue weighted by molar-refractivity contribution is 5.05. The second-order valence-electron chi connectivity index (χ2n) is 9.51. The van der Waals surface area contributed by atoms with E-state index in [1.54, 1.807) is 14.0 Å². The van der Waals surface area contributed by atoms with Crippen molar-refractivity contribution in [2.75, 3.05) is 33.4 Å². The molecule has 198 valence electrons. The minimum Gasteiger partial charge on any atom is -0.467 e. The van der Waals surface area contributed by atoms with Gasteiger partial charge in [0.15, 0.2) is 6.29 Å². The Balaban J connectivity index is 1.65. The molecule has 2 aliphatic heterocycles. The van der Waals surface area contributed by atoms with Gasteiger partial charge in [0.05, 0.1) is 31.8 Å². The first-order valence-electron chi connectivity index (χ1n) is 11.7. The van der Waals surface area contributed by atoms with Crippen LogP contribution in [0.25, 0.3) is 0 Å². The predicted molar refractivity (Wildman–Crippen MR) is 121 cm³/mol. The Morgan fingerprint density at radius 2 is 1.74 bits per heavy atom. The molecule has 0 radical (unpaired) electrons. The molecule has 34 heavy (non-hydrogen) atoms. The first kappa shape index (κ1) is 27.6. The van der Waals surface area contributed by atoms with Crippen LogP contribution in [0.3, 0.4) is 0 Å². The van der Waals surface area contributed by atoms with E-state index in [1.807, 2.05) is 6.08 Å². The molecule has 3 aliphatic rings. The fourth-order valence-electron chi connectivity index (χ4n) is 4.71. The predicted octanol–water partition coefficient (Wildman–Crippen LogP) is -4.23. The molecule has 0 amide bonds. The number of hydrogen-bond donors (Lipinski definition) is 9. The standard InChI is InChI=1S/C21H41N5O8/c1-21(30)9-31-20(15(29)18(21)25-2)34-17-13(24)7-12(23)16(14(17)28)33-19-11(22)4-3-10(32-19)8-26-5-6-27/h3,11-20,25-30H,4-9,22-24H2,1-2H3/t11-,12+,13-,14+,15-,16-,17+,18-,19-,20-,21+/m1/s1. The zero-order valence-electron chi connectivity index (χ0n) is 19.7. The van der Waals surface area contributed by atoms with E-state index in [0.29, 0.717) is 25.3 Å². The summed E-state index contributed by atoms with van der Waals surface area (Å²) in [5.41, 5.74) is 17.4. The molecule has 3 rings (SSSR count). The van der Waals surface area contributed by atoms with Crippen LogP contribution in [-0.4, -0.2) is 121 Å². The molecule has 0 aromatic rings. The highest BCUT2D eigenvalue weighted by Crippen LogP contribution is 2.31. The summed E-state index contributed by atoms with van der Waals surface area (Å²) in [6, 6.07) is -2.44. The fraction of sp³-hybridized carbons (Fsp3) is 0.905. The van der Waals surface area contributed by atoms with Crippen LogP contribution in [0.4, 0.5) is 0 Å². The summed E-state index contributed by atoms with van der Waals surface area (Å²) in [5, 5.41) is 47.1. The van der Waals surface area contributed by atoms with Gasteiger partial charge in [-0.05, 0) is 32.9 Å². The molecule has 2 fully saturated rings. The van der Waals surface area contributed by atoms with Crippen LogP contribution < -0.4 is 27.8 Å². The van der Waals surface area contributed by atoms with E-state index >= 15 is 0 Å². The van der Waals surface area contributed by atoms with E-state index in [2.05, 4.69) is 10.6 Å². The van der Waals surface area contributed by atoms with Crippen molar-refractivity contribution in [2.24, 2.45) is 17.2 Å². The number of nitrogens with two attached hydrogens (primary N) is 3. The Morgan fingerprint density at radius 1 is 1.09 bits per heavy atom. The van der Waals surface area contributed by atoms with E-state index in [-0.39, 0.29) is 19.6 Å². The number of hydrogen-bond acceptors (Lipinski definition) is 13. The lowest BCUT2D eigenvalue weighted by molar-refractivity contribution is -0.303. The summed E-state index contributed by atoms with van der Waals surface area (Å²) in [4.78, 5) is 0. The lowest BCUT2D eigenvalue weighted by Gasteiger charge is -2.48. The number of rotatable bonds is 9. The number of aliphatic hydroxyl groups is 4. The zero-order chi connectivity index (χ0) is 25.0. The lowest BCUT2D eigenvalue weighted by Crippen LogP contribution is -2.68. The van der Waals surface area contributed by atoms with Crippen molar-refractivity contribution in [2.45, 2.75) is 86.5 Å². The van der Waals surface area contributed by atoms with Crippen LogP contribution in [0.1, 0.15) is 19.8 Å². The summed E-state index contributed by atoms with van der Waals surface area (Å²) < 4.78 is 23.4. The molecule has 0 aromatic carbocycles. The minimum absolute atomic E-state index is 0.00347. The summed E-state index contributed by atoms with van der Waals surface area (Å²) in [6.07, 6.45) is -3.64. The van der Waals surface area contributed by atoms with Gasteiger partial charge < -0.3 is 67.2 Å². The topological polar surface area (TPSA) is 220 Å². The number of nitrogens with one attached hydrogen (secondary N) is 2. The van der Waals surface area contributed by atoms with Gasteiger partial charge in [-0.2, -0.15) is 0 Å². The number of likely N-dealkylation sites (N-methyl/N-ethyl adjacent to an activating group) is 1. The van der Waals surface area contributed by atoms with Crippen molar-refractivity contribution in [3.8, 4) is 0 Å². The van der Waals surface area contributed by atoms with Gasteiger partial charge in [0, 0.05) is 18.6 Å². The van der Waals surface area contributed by atoms with Crippen molar-refractivity contribution >= 4 is 0 Å². The minimum atomic E-state index is -1.30. The summed E-state index contributed by atoms with van der Waals surface area (Å²) in [7, 11) is 1.62. The molecule has 0 aromatic heterocycles. The molecule has 13 nitrogen and oxygen atoms in total. The van der Waals surface area contributed by atoms with E-state index < -0.39 is 66.8 Å². The molecular weight excluding hydrogens is 450 g/mol. The number of aliphatic hydroxyl groups excluding tert-OH is 3. The summed E-state index contributed by atoms with van der Waals surface area (Å²) in [5.74, 6) is 0.618. The Hall–Kier alpha value is -0.940. The number of ether oxygens (including phenoxy) is 4. The van der Waals surface area contributed by atoms with Crippen molar-refractivity contribution in [3.63, 3.8) is 0 Å². The van der Waals surface area contributed by atoms with Gasteiger partial charge in [-0.1, -0.05) is 0 Å². The van der Waals surface area contributed by atoms with Gasteiger partial charge in [-0.15, -0.1) is 0 Å². The smallest absolute Gasteiger partial charge is 0.215 e. The maximum absolute atomic E-state index is 11.1. The SMILES string of the molecule is CN[C@@H]1[C@@H](O)[C@@H](O[C@@H]2[C@@H](O)[C@H](O[C@H]3OC(CNCCO)=CC[C@H]3N)[C@@H](N)C[C@H]2N)OC[C@]1(C)O. The first-order valence-corrected chi connectivity index (χ1v) is 11.7. The maximum atomic E-state index is 11.1. The van der Waals surface area contributed by atoms with Crippen LogP contribution in [0, 0.1) is 0 Å². The summed E-state index contributed by atoms with van der Waals surface area (Å²) >= 11 is 0. The first-order chi connectivity index (χ1) is 16.1. The van der Waals surface area contributed by atoms with Crippen LogP contribution in [0.15, 0.2) is 11.8 Å². The molecule has 11 atom stereocenters. The van der Waals surface area contributed by atoms with E-state index in [0.717, 1.165) is 0 Å². The monoisotopic (exact) mass is 491 g/mol. The van der Waals surface area contributed by atoms with Crippen molar-refractivity contribution in [1.29, 1.82) is 0 Å². The van der Waals surface area contributed by atoms with E-state index in [1.165, 1.54) is 0 Å². The third-order valence-electron chi connectivity index (χ3n) is 6.61. The molecule has 1 saturated carbocycles. The van der Waals surface area contributed by atoms with Crippen LogP contribution in [0.2, 0.25) is 0 Å². The molecule has 13 heteroatoms. The van der Waals surface area contributed by atoms with Gasteiger partial charge in [0.25, 0.3) is 0 Å². The van der Waals surface area contributed by atoms with Crippen molar-refractivity contribution in [1.82, 2.24) is 10.6 Å². The average Bonchev–Trinajstić information content (AvgIpc) is 2.77. The molecule has 0 spiro atoms. The normalized spacial score (nSPS) is 45.5. The van der Waals surface area contributed by atoms with Crippen LogP contribution >= 0.6 is 0 Å². The lowest BCUT2D eigenvalue weighted by atomic mass is 9.84. The Bertz CT molecular complexity index is 686. The Kier molecular flexibility index (Phi) is 9.65. The Morgan fingerprint density at radius 3 is 2.35 bits per heavy atom. The fourth-order valence-corrected chi connectivity index (χ4v) is 4.71. The Labute approximate surface area is 199 Å². The van der Waals surface area contributed by atoms with Crippen LogP contribution in [0.5, 0.6) is 0 Å². The van der Waals surface area contributed by atoms with Crippen LogP contribution in [-0.2, 0) is 18.9 Å². The van der Waals surface area contributed by atoms with Gasteiger partial charge in [-0.25, -0.2) is 0 Å². The highest BCUT2D eigenvalue weighted by atomic mass is 16.7. The molecule has 1 saturated heterocycles. The quantitative estimate of drug-likeness (QED) is 0.140. The van der Waals surface area contributed by atoms with Gasteiger partial charge in [0.1, 0.15) is 35.8 Å². The van der Waals surface area contributed by atoms with Gasteiger partial charge in [-0.3, -0.25) is 0 Å². The zero-order valence-corrected chi connectivity index (χ0v) is 19.7. The molecule has 1 aliphatic carbocycles. The second kappa shape index (κ2) is 11.9. The van der Waals surface area contributed by atoms with E-state index in [9.17, 15) is 15.3 Å². The van der Waals surface area contributed by atoms with Crippen molar-refractivity contribution < 1.29 is 39.4 Å². The molecule has 12 N–H and O–H groups in total. The molecule has 0 unspecified atom stereocenters. The second-order valence-corrected chi connectivity index (χ2v) is 9.51. The highest BCUT2D eigenvalue weighted by Gasteiger charge is 2.50. The molecule has 0 bridgehead atoms. The largest absolute Gasteiger partial charge is 0.467 e. The molecule has 2 heterocycles. The third kappa shape index (κ3) is 6.24. The third-order valence-corrected chi connectivity index (χ3v) is 6.61.